The maximum Gasteiger partial charge on any atom is 0.346 e. The SMILES string of the molecule is COC1=C(C(=O)O)c2cc(F)ccc2[N+]1([O-])CC1CCN(CCNS(C)(=O)=O)CC1. The van der Waals surface area contributed by atoms with Gasteiger partial charge in [-0.2, -0.15) is 0 Å². The molecule has 0 spiro atoms. The molecule has 11 heteroatoms. The van der Waals surface area contributed by atoms with Crippen LogP contribution < -0.4 is 9.37 Å². The number of piperidine rings is 1. The van der Waals surface area contributed by atoms with Crippen molar-refractivity contribution >= 4 is 27.3 Å². The van der Waals surface area contributed by atoms with Crippen LogP contribution in [-0.4, -0.2) is 70.5 Å². The summed E-state index contributed by atoms with van der Waals surface area (Å²) >= 11 is 0. The molecule has 1 saturated heterocycles. The number of benzene rings is 1. The first kappa shape index (κ1) is 22.6. The number of nitrogens with zero attached hydrogens (tertiary/aromatic N) is 2. The molecule has 0 radical (unpaired) electrons. The van der Waals surface area contributed by atoms with Crippen LogP contribution in [-0.2, 0) is 19.6 Å². The van der Waals surface area contributed by atoms with Gasteiger partial charge in [-0.1, -0.05) is 0 Å². The van der Waals surface area contributed by atoms with Gasteiger partial charge in [-0.05, 0) is 38.1 Å². The van der Waals surface area contributed by atoms with Crippen molar-refractivity contribution in [3.8, 4) is 0 Å². The molecule has 166 valence electrons. The number of ether oxygens (including phenoxy) is 1. The third kappa shape index (κ3) is 4.65. The third-order valence-corrected chi connectivity index (χ3v) is 6.31. The average molecular weight is 443 g/mol. The molecular weight excluding hydrogens is 417 g/mol. The largest absolute Gasteiger partial charge is 0.620 e. The molecule has 1 aromatic carbocycles. The molecule has 30 heavy (non-hydrogen) atoms. The lowest BCUT2D eigenvalue weighted by atomic mass is 9.96. The van der Waals surface area contributed by atoms with Crippen molar-refractivity contribution in [3.63, 3.8) is 0 Å². The van der Waals surface area contributed by atoms with Crippen LogP contribution in [0, 0.1) is 16.9 Å². The highest BCUT2D eigenvalue weighted by molar-refractivity contribution is 7.88. The molecule has 1 atom stereocenters. The fraction of sp³-hybridized carbons (Fsp3) is 0.526. The zero-order valence-corrected chi connectivity index (χ0v) is 17.7. The van der Waals surface area contributed by atoms with Gasteiger partial charge in [-0.3, -0.25) is 4.65 Å². The summed E-state index contributed by atoms with van der Waals surface area (Å²) < 4.78 is 42.7. The molecule has 0 aromatic heterocycles. The first-order valence-electron chi connectivity index (χ1n) is 9.64. The predicted molar refractivity (Wildman–Crippen MR) is 110 cm³/mol. The van der Waals surface area contributed by atoms with E-state index < -0.39 is 26.5 Å². The topological polar surface area (TPSA) is 119 Å². The van der Waals surface area contributed by atoms with Crippen LogP contribution in [0.4, 0.5) is 10.1 Å². The van der Waals surface area contributed by atoms with Gasteiger partial charge in [0.1, 0.15) is 11.5 Å². The van der Waals surface area contributed by atoms with Gasteiger partial charge in [0.05, 0.1) is 25.5 Å². The number of hydrogen-bond donors (Lipinski definition) is 2. The Morgan fingerprint density at radius 1 is 1.40 bits per heavy atom. The van der Waals surface area contributed by atoms with Gasteiger partial charge in [0, 0.05) is 25.1 Å². The number of likely N-dealkylation sites (tertiary alicyclic amines) is 1. The summed E-state index contributed by atoms with van der Waals surface area (Å²) in [6.07, 6.45) is 2.52. The molecule has 2 N–H and O–H groups in total. The molecule has 0 amide bonds. The standard InChI is InChI=1S/C19H26FN3O6S/c1-29-18-17(19(24)25)15-11-14(20)3-4-16(15)23(18,26)12-13-5-8-22(9-6-13)10-7-21-30(2,27)28/h3-4,11,13,21H,5-10,12H2,1-2H3,(H,24,25). The number of nitrogens with one attached hydrogen (secondary N) is 1. The van der Waals surface area contributed by atoms with E-state index in [1.54, 1.807) is 0 Å². The van der Waals surface area contributed by atoms with Gasteiger partial charge in [0.25, 0.3) is 0 Å². The van der Waals surface area contributed by atoms with Gasteiger partial charge >= 0.3 is 11.9 Å². The van der Waals surface area contributed by atoms with Crippen LogP contribution in [0.5, 0.6) is 0 Å². The van der Waals surface area contributed by atoms with Crippen molar-refractivity contribution in [1.29, 1.82) is 0 Å². The van der Waals surface area contributed by atoms with Crippen molar-refractivity contribution in [3.05, 3.63) is 40.7 Å². The molecule has 1 aromatic rings. The number of sulfonamides is 1. The van der Waals surface area contributed by atoms with E-state index >= 15 is 0 Å². The fourth-order valence-corrected chi connectivity index (χ4v) is 4.67. The maximum atomic E-state index is 13.8. The maximum absolute atomic E-state index is 13.8. The molecular formula is C19H26FN3O6S. The summed E-state index contributed by atoms with van der Waals surface area (Å²) in [7, 11) is -1.97. The first-order chi connectivity index (χ1) is 14.0. The lowest BCUT2D eigenvalue weighted by Gasteiger charge is -2.43. The Hall–Kier alpha value is -2.05. The Kier molecular flexibility index (Phi) is 6.48. The highest BCUT2D eigenvalue weighted by Gasteiger charge is 2.46. The summed E-state index contributed by atoms with van der Waals surface area (Å²) in [5.74, 6) is -2.17. The van der Waals surface area contributed by atoms with E-state index in [9.17, 15) is 27.9 Å². The third-order valence-electron chi connectivity index (χ3n) is 5.58. The number of methoxy groups -OCH3 is 1. The summed E-state index contributed by atoms with van der Waals surface area (Å²) in [4.78, 5) is 13.9. The molecule has 9 nitrogen and oxygen atoms in total. The molecule has 2 aliphatic heterocycles. The minimum atomic E-state index is -3.23. The molecule has 2 aliphatic rings. The number of hydrogen-bond acceptors (Lipinski definition) is 6. The Bertz CT molecular complexity index is 959. The number of halogens is 1. The number of fused-ring (bicyclic) bond motifs is 1. The van der Waals surface area contributed by atoms with Gasteiger partial charge in [0.2, 0.25) is 10.0 Å². The summed E-state index contributed by atoms with van der Waals surface area (Å²) in [6.45, 7) is 2.39. The molecule has 0 saturated carbocycles. The Morgan fingerprint density at radius 3 is 2.63 bits per heavy atom. The van der Waals surface area contributed by atoms with Crippen molar-refractivity contribution in [2.45, 2.75) is 12.8 Å². The van der Waals surface area contributed by atoms with Gasteiger partial charge in [0.15, 0.2) is 5.57 Å². The summed E-state index contributed by atoms with van der Waals surface area (Å²) in [5, 5.41) is 23.4. The zero-order chi connectivity index (χ0) is 22.1. The first-order valence-corrected chi connectivity index (χ1v) is 11.5. The van der Waals surface area contributed by atoms with Crippen LogP contribution in [0.1, 0.15) is 18.4 Å². The van der Waals surface area contributed by atoms with E-state index in [2.05, 4.69) is 9.62 Å². The van der Waals surface area contributed by atoms with Gasteiger partial charge < -0.3 is 20.0 Å². The van der Waals surface area contributed by atoms with Crippen molar-refractivity contribution in [1.82, 2.24) is 14.3 Å². The average Bonchev–Trinajstić information content (AvgIpc) is 2.89. The number of rotatable bonds is 8. The highest BCUT2D eigenvalue weighted by atomic mass is 32.2. The normalized spacial score (nSPS) is 22.9. The van der Waals surface area contributed by atoms with Crippen LogP contribution in [0.15, 0.2) is 24.1 Å². The number of carboxylic acids is 1. The molecule has 3 rings (SSSR count). The van der Waals surface area contributed by atoms with Crippen molar-refractivity contribution in [2.24, 2.45) is 5.92 Å². The number of quaternary nitrogens is 1. The molecule has 0 bridgehead atoms. The van der Waals surface area contributed by atoms with E-state index in [0.717, 1.165) is 18.4 Å². The van der Waals surface area contributed by atoms with E-state index in [4.69, 9.17) is 4.74 Å². The summed E-state index contributed by atoms with van der Waals surface area (Å²) in [6, 6.07) is 3.55. The van der Waals surface area contributed by atoms with Crippen molar-refractivity contribution in [2.75, 3.05) is 46.1 Å². The number of carboxylic acid groups (broad SMARTS) is 1. The minimum Gasteiger partial charge on any atom is -0.620 e. The smallest absolute Gasteiger partial charge is 0.346 e. The molecule has 2 heterocycles. The Labute approximate surface area is 174 Å². The lowest BCUT2D eigenvalue weighted by Crippen LogP contribution is -2.48. The number of hydroxylamine groups is 2. The molecule has 0 aliphatic carbocycles. The van der Waals surface area contributed by atoms with Crippen molar-refractivity contribution < 1.29 is 27.4 Å². The quantitative estimate of drug-likeness (QED) is 0.459. The Balaban J connectivity index is 1.73. The lowest BCUT2D eigenvalue weighted by molar-refractivity contribution is -0.130. The second-order valence-electron chi connectivity index (χ2n) is 7.72. The van der Waals surface area contributed by atoms with E-state index in [-0.39, 0.29) is 35.2 Å². The van der Waals surface area contributed by atoms with E-state index in [0.29, 0.717) is 39.0 Å². The second kappa shape index (κ2) is 8.60. The monoisotopic (exact) mass is 443 g/mol. The molecule has 1 unspecified atom stereocenters. The predicted octanol–water partition coefficient (Wildman–Crippen LogP) is 1.31. The highest BCUT2D eigenvalue weighted by Crippen LogP contribution is 2.46. The Morgan fingerprint density at radius 2 is 2.07 bits per heavy atom. The van der Waals surface area contributed by atoms with Crippen LogP contribution >= 0.6 is 0 Å². The second-order valence-corrected chi connectivity index (χ2v) is 9.56. The van der Waals surface area contributed by atoms with Crippen LogP contribution in [0.3, 0.4) is 0 Å². The minimum absolute atomic E-state index is 0.0119. The fourth-order valence-electron chi connectivity index (χ4n) is 4.21. The number of aliphatic carboxylic acids is 1. The summed E-state index contributed by atoms with van der Waals surface area (Å²) in [5.41, 5.74) is -0.0737. The van der Waals surface area contributed by atoms with Crippen LogP contribution in [0.2, 0.25) is 0 Å². The molecule has 1 fully saturated rings. The number of carbonyl (C=O) groups is 1. The van der Waals surface area contributed by atoms with Crippen LogP contribution in [0.25, 0.3) is 5.57 Å². The van der Waals surface area contributed by atoms with Gasteiger partial charge in [-0.15, -0.1) is 0 Å². The van der Waals surface area contributed by atoms with E-state index in [1.165, 1.54) is 13.2 Å². The van der Waals surface area contributed by atoms with Gasteiger partial charge in [-0.25, -0.2) is 22.3 Å². The zero-order valence-electron chi connectivity index (χ0n) is 16.9. The van der Waals surface area contributed by atoms with E-state index in [1.807, 2.05) is 0 Å².